The van der Waals surface area contributed by atoms with Crippen LogP contribution >= 0.6 is 0 Å². The first-order valence-electron chi connectivity index (χ1n) is 19.7. The molecule has 7 aromatic carbocycles. The molecule has 0 fully saturated rings. The maximum absolute atomic E-state index is 6.50. The summed E-state index contributed by atoms with van der Waals surface area (Å²) < 4.78 is 6.50. The molecule has 0 spiro atoms. The van der Waals surface area contributed by atoms with E-state index in [2.05, 4.69) is 154 Å². The van der Waals surface area contributed by atoms with E-state index in [1.165, 1.54) is 16.4 Å². The summed E-state index contributed by atoms with van der Waals surface area (Å²) in [5.41, 5.74) is 13.0. The van der Waals surface area contributed by atoms with Crippen molar-refractivity contribution in [1.82, 2.24) is 9.88 Å². The number of anilines is 10. The second-order valence-electron chi connectivity index (χ2n) is 14.7. The zero-order valence-electron chi connectivity index (χ0n) is 32.5. The smallest absolute Gasteiger partial charge is 0.252 e. The van der Waals surface area contributed by atoms with Crippen LogP contribution in [0.2, 0.25) is 0 Å². The first-order chi connectivity index (χ1) is 29.2. The minimum absolute atomic E-state index is 0. The number of benzene rings is 7. The molecule has 0 saturated heterocycles. The van der Waals surface area contributed by atoms with Crippen molar-refractivity contribution in [3.8, 4) is 11.5 Å². The van der Waals surface area contributed by atoms with Crippen LogP contribution in [0, 0.1) is 18.8 Å². The van der Waals surface area contributed by atoms with Crippen LogP contribution in [-0.4, -0.2) is 23.6 Å². The number of rotatable bonds is 8. The number of fused-ring (bicyclic) bond motifs is 4. The standard InChI is InChI=1S/C51H36BN6O.Pt/c1-54-30-31-55(36-54)39-20-14-22-42(32-39)59-43-23-15-21-40(33-43)56(50-28-12-13-29-53-50)41-34-48-51-49(35-41)58(38-18-6-3-7-19-38)47-27-11-9-25-45(47)52(51)44-24-8-10-26-46(44)57(48)37-16-4-2-5-17-37;/h2-31,34-36H,1H3;/q-3;. The second kappa shape index (κ2) is 15.6. The fourth-order valence-corrected chi connectivity index (χ4v) is 8.59. The molecule has 9 heteroatoms. The van der Waals surface area contributed by atoms with Crippen LogP contribution in [0.15, 0.2) is 195 Å². The van der Waals surface area contributed by atoms with Gasteiger partial charge < -0.3 is 29.2 Å². The van der Waals surface area contributed by atoms with E-state index < -0.39 is 0 Å². The van der Waals surface area contributed by atoms with Crippen molar-refractivity contribution in [1.29, 1.82) is 0 Å². The van der Waals surface area contributed by atoms with Crippen molar-refractivity contribution in [3.63, 3.8) is 0 Å². The SMILES string of the molecule is CN1C=CN(c2[c-]c(Oc3[c-]c(N(c4cc5c6c(c4)N(c4ccccc4)c4ccccc4B6c4ccccc4N5c4ccccc4)c4ccccn4)ccc3)ccc2)[CH-]1.[Pt]. The van der Waals surface area contributed by atoms with E-state index in [0.29, 0.717) is 11.5 Å². The minimum atomic E-state index is 0. The molecule has 11 rings (SSSR count). The van der Waals surface area contributed by atoms with Crippen molar-refractivity contribution < 1.29 is 25.8 Å². The summed E-state index contributed by atoms with van der Waals surface area (Å²) in [6.07, 6.45) is 5.83. The van der Waals surface area contributed by atoms with Gasteiger partial charge in [-0.2, -0.15) is 18.8 Å². The first-order valence-corrected chi connectivity index (χ1v) is 19.7. The van der Waals surface area contributed by atoms with Crippen LogP contribution in [0.1, 0.15) is 0 Å². The molecule has 0 aliphatic carbocycles. The largest absolute Gasteiger partial charge is 0.510 e. The molecule has 7 nitrogen and oxygen atoms in total. The predicted octanol–water partition coefficient (Wildman–Crippen LogP) is 10.4. The van der Waals surface area contributed by atoms with Gasteiger partial charge in [-0.05, 0) is 96.5 Å². The van der Waals surface area contributed by atoms with Gasteiger partial charge in [0.15, 0.2) is 0 Å². The van der Waals surface area contributed by atoms with Crippen molar-refractivity contribution >= 4 is 80.1 Å². The summed E-state index contributed by atoms with van der Waals surface area (Å²) in [5, 5.41) is 0. The third kappa shape index (κ3) is 6.50. The Hall–Kier alpha value is -7.02. The van der Waals surface area contributed by atoms with Gasteiger partial charge in [-0.3, -0.25) is 0 Å². The van der Waals surface area contributed by atoms with Crippen molar-refractivity contribution in [2.75, 3.05) is 26.6 Å². The fourth-order valence-electron chi connectivity index (χ4n) is 8.59. The van der Waals surface area contributed by atoms with E-state index in [9.17, 15) is 0 Å². The summed E-state index contributed by atoms with van der Waals surface area (Å²) >= 11 is 0. The van der Waals surface area contributed by atoms with E-state index >= 15 is 0 Å². The van der Waals surface area contributed by atoms with Crippen LogP contribution in [0.25, 0.3) is 0 Å². The fraction of sp³-hybridized carbons (Fsp3) is 0.0196. The van der Waals surface area contributed by atoms with Crippen molar-refractivity contribution in [2.24, 2.45) is 0 Å². The molecule has 0 N–H and O–H groups in total. The normalized spacial score (nSPS) is 13.3. The quantitative estimate of drug-likeness (QED) is 0.111. The average molecular weight is 955 g/mol. The zero-order chi connectivity index (χ0) is 39.3. The number of hydrogen-bond donors (Lipinski definition) is 0. The molecule has 60 heavy (non-hydrogen) atoms. The van der Waals surface area contributed by atoms with Crippen LogP contribution in [0.4, 0.5) is 57.0 Å². The Morgan fingerprint density at radius 1 is 0.583 bits per heavy atom. The maximum Gasteiger partial charge on any atom is 0.252 e. The number of nitrogens with zero attached hydrogens (tertiary/aromatic N) is 6. The predicted molar refractivity (Wildman–Crippen MR) is 241 cm³/mol. The van der Waals surface area contributed by atoms with Crippen LogP contribution in [-0.2, 0) is 21.1 Å². The van der Waals surface area contributed by atoms with Gasteiger partial charge in [0.1, 0.15) is 5.82 Å². The third-order valence-corrected chi connectivity index (χ3v) is 11.0. The zero-order valence-corrected chi connectivity index (χ0v) is 34.8. The summed E-state index contributed by atoms with van der Waals surface area (Å²) in [6.45, 7) is 2.00. The van der Waals surface area contributed by atoms with Gasteiger partial charge in [0.2, 0.25) is 0 Å². The molecule has 4 heterocycles. The average Bonchev–Trinajstić information content (AvgIpc) is 3.73. The van der Waals surface area contributed by atoms with E-state index in [4.69, 9.17) is 9.72 Å². The first kappa shape index (κ1) is 37.3. The summed E-state index contributed by atoms with van der Waals surface area (Å²) in [4.78, 5) is 16.0. The van der Waals surface area contributed by atoms with Crippen LogP contribution in [0.5, 0.6) is 11.5 Å². The Morgan fingerprint density at radius 2 is 1.17 bits per heavy atom. The number of ether oxygens (including phenoxy) is 1. The van der Waals surface area contributed by atoms with E-state index in [1.807, 2.05) is 90.6 Å². The number of pyridine rings is 1. The molecule has 1 aromatic heterocycles. The molecule has 0 bridgehead atoms. The van der Waals surface area contributed by atoms with Crippen molar-refractivity contribution in [2.45, 2.75) is 0 Å². The summed E-state index contributed by atoms with van der Waals surface area (Å²) in [6, 6.07) is 68.6. The molecule has 292 valence electrons. The third-order valence-electron chi connectivity index (χ3n) is 11.0. The Kier molecular flexibility index (Phi) is 9.71. The molecule has 0 unspecified atom stereocenters. The molecule has 8 aromatic rings. The number of aromatic nitrogens is 1. The topological polar surface area (TPSA) is 38.3 Å². The van der Waals surface area contributed by atoms with Gasteiger partial charge >= 0.3 is 0 Å². The molecule has 0 atom stereocenters. The van der Waals surface area contributed by atoms with Gasteiger partial charge in [0.05, 0.1) is 0 Å². The minimum Gasteiger partial charge on any atom is -0.510 e. The Labute approximate surface area is 365 Å². The van der Waals surface area contributed by atoms with Crippen LogP contribution in [0.3, 0.4) is 0 Å². The van der Waals surface area contributed by atoms with Crippen LogP contribution < -0.4 is 40.7 Å². The summed E-state index contributed by atoms with van der Waals surface area (Å²) in [7, 11) is 2.00. The summed E-state index contributed by atoms with van der Waals surface area (Å²) in [5.74, 6) is 1.91. The van der Waals surface area contributed by atoms with Gasteiger partial charge in [-0.1, -0.05) is 84.6 Å². The second-order valence-corrected chi connectivity index (χ2v) is 14.7. The molecule has 0 amide bonds. The van der Waals surface area contributed by atoms with Gasteiger partial charge in [0, 0.05) is 78.6 Å². The molecule has 0 saturated carbocycles. The Balaban J connectivity index is 0.00000433. The molecular formula is C51H36BN6OPt-3. The number of para-hydroxylation sites is 4. The molecule has 3 aliphatic rings. The molecular weight excluding hydrogens is 918 g/mol. The van der Waals surface area contributed by atoms with E-state index in [-0.39, 0.29) is 27.8 Å². The monoisotopic (exact) mass is 954 g/mol. The van der Waals surface area contributed by atoms with Gasteiger partial charge in [-0.25, -0.2) is 4.98 Å². The van der Waals surface area contributed by atoms with E-state index in [1.54, 1.807) is 0 Å². The number of hydrogen-bond acceptors (Lipinski definition) is 7. The van der Waals surface area contributed by atoms with E-state index in [0.717, 1.165) is 57.0 Å². The molecule has 3 aliphatic heterocycles. The van der Waals surface area contributed by atoms with Gasteiger partial charge in [0.25, 0.3) is 6.71 Å². The molecule has 0 radical (unpaired) electrons. The maximum atomic E-state index is 6.50. The Bertz CT molecular complexity index is 2750. The van der Waals surface area contributed by atoms with Gasteiger partial charge in [-0.15, -0.1) is 42.1 Å². The Morgan fingerprint density at radius 3 is 1.77 bits per heavy atom. The van der Waals surface area contributed by atoms with Crippen molar-refractivity contribution in [3.05, 3.63) is 213 Å².